The van der Waals surface area contributed by atoms with Crippen molar-refractivity contribution in [3.05, 3.63) is 54.4 Å². The van der Waals surface area contributed by atoms with Crippen molar-refractivity contribution < 1.29 is 18.8 Å². The van der Waals surface area contributed by atoms with E-state index >= 15 is 0 Å². The van der Waals surface area contributed by atoms with E-state index in [4.69, 9.17) is 4.74 Å². The van der Waals surface area contributed by atoms with Gasteiger partial charge in [-0.2, -0.15) is 0 Å². The van der Waals surface area contributed by atoms with Crippen LogP contribution in [0.3, 0.4) is 0 Å². The Labute approximate surface area is 153 Å². The number of morpholine rings is 1. The Hall–Kier alpha value is -2.25. The van der Waals surface area contributed by atoms with Gasteiger partial charge in [-0.3, -0.25) is 4.79 Å². The summed E-state index contributed by atoms with van der Waals surface area (Å²) in [6, 6.07) is 6.71. The molecular formula is C19H26FN4O2+. The van der Waals surface area contributed by atoms with Gasteiger partial charge in [-0.15, -0.1) is 0 Å². The van der Waals surface area contributed by atoms with Gasteiger partial charge in [-0.1, -0.05) is 12.1 Å². The Morgan fingerprint density at radius 1 is 1.35 bits per heavy atom. The Kier molecular flexibility index (Phi) is 6.35. The molecule has 1 aliphatic rings. The number of hydrogen-bond acceptors (Lipinski definition) is 3. The number of aromatic nitrogens is 2. The zero-order chi connectivity index (χ0) is 18.4. The summed E-state index contributed by atoms with van der Waals surface area (Å²) in [7, 11) is 0. The molecule has 0 aliphatic carbocycles. The van der Waals surface area contributed by atoms with Crippen molar-refractivity contribution in [3.8, 4) is 0 Å². The number of nitrogens with zero attached hydrogens (tertiary/aromatic N) is 2. The smallest absolute Gasteiger partial charge is 0.222 e. The van der Waals surface area contributed by atoms with E-state index in [1.807, 2.05) is 29.8 Å². The molecule has 0 radical (unpaired) electrons. The highest BCUT2D eigenvalue weighted by molar-refractivity contribution is 5.76. The molecule has 0 unspecified atom stereocenters. The number of halogens is 1. The van der Waals surface area contributed by atoms with Gasteiger partial charge in [-0.05, 0) is 19.1 Å². The predicted octanol–water partition coefficient (Wildman–Crippen LogP) is 0.746. The predicted molar refractivity (Wildman–Crippen MR) is 95.2 cm³/mol. The molecule has 7 heteroatoms. The maximum absolute atomic E-state index is 13.3. The second-order valence-electron chi connectivity index (χ2n) is 6.74. The molecule has 2 atom stereocenters. The van der Waals surface area contributed by atoms with Gasteiger partial charge in [0.05, 0.1) is 26.1 Å². The average Bonchev–Trinajstić information content (AvgIpc) is 3.19. The maximum Gasteiger partial charge on any atom is 0.222 e. The minimum atomic E-state index is -0.248. The molecule has 26 heavy (non-hydrogen) atoms. The molecule has 2 aromatic rings. The highest BCUT2D eigenvalue weighted by Gasteiger charge is 2.27. The number of carbonyl (C=O) groups excluding carboxylic acids is 1. The fraction of sp³-hybridized carbons (Fsp3) is 0.474. The van der Waals surface area contributed by atoms with E-state index in [1.165, 1.54) is 17.0 Å². The third-order valence-corrected chi connectivity index (χ3v) is 4.92. The average molecular weight is 361 g/mol. The first-order chi connectivity index (χ1) is 12.6. The summed E-state index contributed by atoms with van der Waals surface area (Å²) >= 11 is 0. The van der Waals surface area contributed by atoms with Gasteiger partial charge in [0.1, 0.15) is 24.9 Å². The third-order valence-electron chi connectivity index (χ3n) is 4.92. The van der Waals surface area contributed by atoms with Crippen molar-refractivity contribution >= 4 is 5.91 Å². The Morgan fingerprint density at radius 3 is 2.73 bits per heavy atom. The SMILES string of the molecule is C[C@H](CC(=O)NC[C@@H](c1ccc(F)cc1)[NH+]1CCOCC1)n1ccnc1. The highest BCUT2D eigenvalue weighted by Crippen LogP contribution is 2.12. The van der Waals surface area contributed by atoms with Crippen molar-refractivity contribution in [1.82, 2.24) is 14.9 Å². The number of carbonyl (C=O) groups is 1. The van der Waals surface area contributed by atoms with Crippen molar-refractivity contribution in [2.75, 3.05) is 32.8 Å². The number of nitrogens with one attached hydrogen (secondary N) is 2. The lowest BCUT2D eigenvalue weighted by molar-refractivity contribution is -0.937. The van der Waals surface area contributed by atoms with Crippen LogP contribution in [0.15, 0.2) is 43.0 Å². The van der Waals surface area contributed by atoms with Gasteiger partial charge < -0.3 is 19.5 Å². The van der Waals surface area contributed by atoms with Gasteiger partial charge in [0.2, 0.25) is 5.91 Å². The topological polar surface area (TPSA) is 60.6 Å². The number of imidazole rings is 1. The summed E-state index contributed by atoms with van der Waals surface area (Å²) in [6.45, 7) is 5.69. The monoisotopic (exact) mass is 361 g/mol. The summed E-state index contributed by atoms with van der Waals surface area (Å²) in [5, 5.41) is 3.06. The zero-order valence-corrected chi connectivity index (χ0v) is 15.0. The molecule has 2 N–H and O–H groups in total. The lowest BCUT2D eigenvalue weighted by Crippen LogP contribution is -3.15. The van der Waals surface area contributed by atoms with Crippen LogP contribution in [0.5, 0.6) is 0 Å². The molecule has 1 aromatic heterocycles. The van der Waals surface area contributed by atoms with E-state index < -0.39 is 0 Å². The summed E-state index contributed by atoms with van der Waals surface area (Å²) in [4.78, 5) is 17.8. The van der Waals surface area contributed by atoms with E-state index in [1.54, 1.807) is 12.5 Å². The number of amides is 1. The second-order valence-corrected chi connectivity index (χ2v) is 6.74. The number of ether oxygens (including phenoxy) is 1. The molecule has 0 spiro atoms. The lowest BCUT2D eigenvalue weighted by Gasteiger charge is -2.32. The molecule has 3 rings (SSSR count). The highest BCUT2D eigenvalue weighted by atomic mass is 19.1. The summed E-state index contributed by atoms with van der Waals surface area (Å²) in [5.41, 5.74) is 1.03. The Balaban J connectivity index is 1.61. The van der Waals surface area contributed by atoms with E-state index in [9.17, 15) is 9.18 Å². The Bertz CT molecular complexity index is 684. The van der Waals surface area contributed by atoms with Crippen molar-refractivity contribution in [3.63, 3.8) is 0 Å². The van der Waals surface area contributed by atoms with Gasteiger partial charge in [-0.25, -0.2) is 9.37 Å². The van der Waals surface area contributed by atoms with Crippen LogP contribution in [0, 0.1) is 5.82 Å². The van der Waals surface area contributed by atoms with Gasteiger partial charge in [0.25, 0.3) is 0 Å². The van der Waals surface area contributed by atoms with E-state index in [2.05, 4.69) is 10.3 Å². The van der Waals surface area contributed by atoms with E-state index in [0.717, 1.165) is 18.7 Å². The normalized spacial score (nSPS) is 17.6. The van der Waals surface area contributed by atoms with Crippen LogP contribution in [-0.4, -0.2) is 48.3 Å². The van der Waals surface area contributed by atoms with E-state index in [-0.39, 0.29) is 23.8 Å². The third kappa shape index (κ3) is 4.89. The van der Waals surface area contributed by atoms with Crippen LogP contribution < -0.4 is 10.2 Å². The molecular weight excluding hydrogens is 335 g/mol. The molecule has 0 bridgehead atoms. The molecule has 140 valence electrons. The molecule has 0 saturated carbocycles. The summed E-state index contributed by atoms with van der Waals surface area (Å²) in [6.07, 6.45) is 5.68. The number of hydrogen-bond donors (Lipinski definition) is 2. The van der Waals surface area contributed by atoms with Gasteiger partial charge in [0.15, 0.2) is 0 Å². The summed E-state index contributed by atoms with van der Waals surface area (Å²) < 4.78 is 20.6. The van der Waals surface area contributed by atoms with Crippen LogP contribution >= 0.6 is 0 Å². The standard InChI is InChI=1S/C19H25FN4O2/c1-15(24-7-6-21-14-24)12-19(25)22-13-18(23-8-10-26-11-9-23)16-2-4-17(20)5-3-16/h2-7,14-15,18H,8-13H2,1H3,(H,22,25)/p+1/t15-,18+/m1/s1. The zero-order valence-electron chi connectivity index (χ0n) is 15.0. The molecule has 1 aliphatic heterocycles. The van der Waals surface area contributed by atoms with E-state index in [0.29, 0.717) is 26.2 Å². The minimum Gasteiger partial charge on any atom is -0.370 e. The van der Waals surface area contributed by atoms with Crippen LogP contribution in [-0.2, 0) is 9.53 Å². The van der Waals surface area contributed by atoms with Crippen molar-refractivity contribution in [1.29, 1.82) is 0 Å². The quantitative estimate of drug-likeness (QED) is 0.765. The largest absolute Gasteiger partial charge is 0.370 e. The second kappa shape index (κ2) is 8.91. The van der Waals surface area contributed by atoms with Crippen LogP contribution in [0.2, 0.25) is 0 Å². The van der Waals surface area contributed by atoms with Crippen LogP contribution in [0.4, 0.5) is 4.39 Å². The lowest BCUT2D eigenvalue weighted by atomic mass is 10.0. The Morgan fingerprint density at radius 2 is 2.08 bits per heavy atom. The molecule has 6 nitrogen and oxygen atoms in total. The van der Waals surface area contributed by atoms with Crippen LogP contribution in [0.1, 0.15) is 31.0 Å². The molecule has 1 aromatic carbocycles. The van der Waals surface area contributed by atoms with Crippen molar-refractivity contribution in [2.45, 2.75) is 25.4 Å². The molecule has 1 amide bonds. The molecule has 1 saturated heterocycles. The van der Waals surface area contributed by atoms with Gasteiger partial charge >= 0.3 is 0 Å². The van der Waals surface area contributed by atoms with Crippen molar-refractivity contribution in [2.24, 2.45) is 0 Å². The maximum atomic E-state index is 13.3. The molecule has 1 fully saturated rings. The first kappa shape index (κ1) is 18.5. The number of rotatable bonds is 7. The number of quaternary nitrogens is 1. The fourth-order valence-electron chi connectivity index (χ4n) is 3.37. The minimum absolute atomic E-state index is 0.00553. The molecule has 2 heterocycles. The first-order valence-electron chi connectivity index (χ1n) is 9.05. The van der Waals surface area contributed by atoms with Crippen LogP contribution in [0.25, 0.3) is 0 Å². The summed E-state index contributed by atoms with van der Waals surface area (Å²) in [5.74, 6) is -0.242. The first-order valence-corrected chi connectivity index (χ1v) is 9.05. The fourth-order valence-corrected chi connectivity index (χ4v) is 3.37. The number of benzene rings is 1. The van der Waals surface area contributed by atoms with Gasteiger partial charge in [0, 0.05) is 30.4 Å².